The number of aliphatic hydroxyl groups is 1. The van der Waals surface area contributed by atoms with Gasteiger partial charge in [0.05, 0.1) is 24.0 Å². The van der Waals surface area contributed by atoms with Gasteiger partial charge in [-0.1, -0.05) is 11.6 Å². The van der Waals surface area contributed by atoms with Gasteiger partial charge in [0, 0.05) is 11.8 Å². The molecule has 0 aliphatic carbocycles. The second-order valence-corrected chi connectivity index (χ2v) is 3.31. The number of halogens is 2. The molecule has 0 amide bonds. The fourth-order valence-electron chi connectivity index (χ4n) is 1.17. The second kappa shape index (κ2) is 3.96. The van der Waals surface area contributed by atoms with Crippen LogP contribution >= 0.6 is 11.6 Å². The van der Waals surface area contributed by atoms with Crippen molar-refractivity contribution in [3.05, 3.63) is 41.1 Å². The van der Waals surface area contributed by atoms with Crippen molar-refractivity contribution in [2.24, 2.45) is 0 Å². The third-order valence-electron chi connectivity index (χ3n) is 1.89. The van der Waals surface area contributed by atoms with E-state index in [1.807, 2.05) is 0 Å². The lowest BCUT2D eigenvalue weighted by atomic mass is 10.2. The predicted octanol–water partition coefficient (Wildman–Crippen LogP) is 1.55. The molecular formula is C9H7ClFN3O. The molecule has 78 valence electrons. The SMILES string of the molecule is OCc1ccnc(-n2cc(Cl)cn2)c1F. The molecule has 0 fully saturated rings. The molecule has 0 spiro atoms. The second-order valence-electron chi connectivity index (χ2n) is 2.87. The molecule has 0 unspecified atom stereocenters. The monoisotopic (exact) mass is 227 g/mol. The van der Waals surface area contributed by atoms with Gasteiger partial charge in [-0.25, -0.2) is 14.1 Å². The quantitative estimate of drug-likeness (QED) is 0.847. The zero-order chi connectivity index (χ0) is 10.8. The molecule has 6 heteroatoms. The van der Waals surface area contributed by atoms with Gasteiger partial charge in [0.25, 0.3) is 0 Å². The lowest BCUT2D eigenvalue weighted by Crippen LogP contribution is -2.04. The van der Waals surface area contributed by atoms with Crippen LogP contribution in [0.4, 0.5) is 4.39 Å². The van der Waals surface area contributed by atoms with Gasteiger partial charge in [0.1, 0.15) is 0 Å². The summed E-state index contributed by atoms with van der Waals surface area (Å²) in [5.41, 5.74) is 0.173. The molecule has 0 aliphatic rings. The molecule has 2 aromatic rings. The number of nitrogens with zero attached hydrogens (tertiary/aromatic N) is 3. The minimum absolute atomic E-state index is 0.0217. The zero-order valence-corrected chi connectivity index (χ0v) is 8.32. The van der Waals surface area contributed by atoms with Crippen molar-refractivity contribution in [1.29, 1.82) is 0 Å². The highest BCUT2D eigenvalue weighted by molar-refractivity contribution is 6.30. The fourth-order valence-corrected chi connectivity index (χ4v) is 1.31. The number of hydrogen-bond acceptors (Lipinski definition) is 3. The van der Waals surface area contributed by atoms with Crippen LogP contribution in [0.3, 0.4) is 0 Å². The van der Waals surface area contributed by atoms with Gasteiger partial charge in [-0.05, 0) is 6.07 Å². The lowest BCUT2D eigenvalue weighted by Gasteiger charge is -2.04. The smallest absolute Gasteiger partial charge is 0.190 e. The summed E-state index contributed by atoms with van der Waals surface area (Å²) >= 11 is 5.65. The highest BCUT2D eigenvalue weighted by atomic mass is 35.5. The third-order valence-corrected chi connectivity index (χ3v) is 2.08. The normalized spacial score (nSPS) is 10.6. The molecule has 2 aromatic heterocycles. The summed E-state index contributed by atoms with van der Waals surface area (Å²) in [6, 6.07) is 1.41. The van der Waals surface area contributed by atoms with Crippen LogP contribution in [0, 0.1) is 5.82 Å². The van der Waals surface area contributed by atoms with Crippen LogP contribution in [0.2, 0.25) is 5.02 Å². The van der Waals surface area contributed by atoms with Gasteiger partial charge in [-0.15, -0.1) is 0 Å². The predicted molar refractivity (Wildman–Crippen MR) is 52.2 cm³/mol. The molecule has 0 aliphatic heterocycles. The van der Waals surface area contributed by atoms with Gasteiger partial charge < -0.3 is 5.11 Å². The van der Waals surface area contributed by atoms with Crippen molar-refractivity contribution < 1.29 is 9.50 Å². The van der Waals surface area contributed by atoms with Crippen molar-refractivity contribution in [2.45, 2.75) is 6.61 Å². The maximum atomic E-state index is 13.6. The number of hydrogen-bond donors (Lipinski definition) is 1. The van der Waals surface area contributed by atoms with Gasteiger partial charge in [0.15, 0.2) is 11.6 Å². The number of pyridine rings is 1. The van der Waals surface area contributed by atoms with E-state index in [9.17, 15) is 4.39 Å². The summed E-state index contributed by atoms with van der Waals surface area (Å²) < 4.78 is 14.9. The zero-order valence-electron chi connectivity index (χ0n) is 7.56. The Morgan fingerprint density at radius 1 is 1.53 bits per heavy atom. The lowest BCUT2D eigenvalue weighted by molar-refractivity contribution is 0.275. The first-order valence-corrected chi connectivity index (χ1v) is 4.55. The minimum atomic E-state index is -0.597. The molecule has 2 heterocycles. The summed E-state index contributed by atoms with van der Waals surface area (Å²) in [5.74, 6) is -0.576. The van der Waals surface area contributed by atoms with Crippen LogP contribution in [0.1, 0.15) is 5.56 Å². The van der Waals surface area contributed by atoms with Crippen LogP contribution in [0.15, 0.2) is 24.7 Å². The van der Waals surface area contributed by atoms with Gasteiger partial charge in [0.2, 0.25) is 0 Å². The van der Waals surface area contributed by atoms with Crippen molar-refractivity contribution in [3.8, 4) is 5.82 Å². The van der Waals surface area contributed by atoms with Crippen molar-refractivity contribution >= 4 is 11.6 Å². The fraction of sp³-hybridized carbons (Fsp3) is 0.111. The highest BCUT2D eigenvalue weighted by Crippen LogP contribution is 2.15. The maximum absolute atomic E-state index is 13.6. The first kappa shape index (κ1) is 10.1. The first-order valence-electron chi connectivity index (χ1n) is 4.17. The van der Waals surface area contributed by atoms with Crippen LogP contribution in [-0.4, -0.2) is 19.9 Å². The molecule has 0 radical (unpaired) electrons. The van der Waals surface area contributed by atoms with Gasteiger partial charge >= 0.3 is 0 Å². The summed E-state index contributed by atoms with van der Waals surface area (Å²) in [6.45, 7) is -0.379. The first-order chi connectivity index (χ1) is 7.22. The Bertz CT molecular complexity index is 486. The van der Waals surface area contributed by atoms with Crippen LogP contribution in [0.5, 0.6) is 0 Å². The van der Waals surface area contributed by atoms with Crippen molar-refractivity contribution in [3.63, 3.8) is 0 Å². The van der Waals surface area contributed by atoms with E-state index in [1.54, 1.807) is 0 Å². The van der Waals surface area contributed by atoms with E-state index >= 15 is 0 Å². The summed E-state index contributed by atoms with van der Waals surface area (Å²) in [7, 11) is 0. The summed E-state index contributed by atoms with van der Waals surface area (Å²) in [5, 5.41) is 13.1. The Morgan fingerprint density at radius 3 is 2.93 bits per heavy atom. The van der Waals surface area contributed by atoms with Crippen LogP contribution in [-0.2, 0) is 6.61 Å². The van der Waals surface area contributed by atoms with E-state index in [1.165, 1.54) is 29.3 Å². The molecule has 2 rings (SSSR count). The molecule has 0 saturated heterocycles. The molecule has 0 aromatic carbocycles. The topological polar surface area (TPSA) is 50.9 Å². The Morgan fingerprint density at radius 2 is 2.33 bits per heavy atom. The summed E-state index contributed by atoms with van der Waals surface area (Å²) in [6.07, 6.45) is 4.22. The maximum Gasteiger partial charge on any atom is 0.190 e. The molecule has 0 bridgehead atoms. The van der Waals surface area contributed by atoms with E-state index in [2.05, 4.69) is 10.1 Å². The molecule has 1 N–H and O–H groups in total. The molecule has 0 atom stereocenters. The van der Waals surface area contributed by atoms with E-state index < -0.39 is 5.82 Å². The minimum Gasteiger partial charge on any atom is -0.392 e. The number of aliphatic hydroxyl groups excluding tert-OH is 1. The average molecular weight is 228 g/mol. The average Bonchev–Trinajstić information content (AvgIpc) is 2.65. The van der Waals surface area contributed by atoms with Gasteiger partial charge in [-0.3, -0.25) is 0 Å². The van der Waals surface area contributed by atoms with Crippen LogP contribution < -0.4 is 0 Å². The summed E-state index contributed by atoms with van der Waals surface area (Å²) in [4.78, 5) is 3.83. The van der Waals surface area contributed by atoms with Crippen molar-refractivity contribution in [1.82, 2.24) is 14.8 Å². The molecule has 0 saturated carbocycles. The Hall–Kier alpha value is -1.46. The van der Waals surface area contributed by atoms with E-state index in [0.29, 0.717) is 5.02 Å². The Labute approximate surface area is 89.9 Å². The molecular weight excluding hydrogens is 221 g/mol. The van der Waals surface area contributed by atoms with Crippen molar-refractivity contribution in [2.75, 3.05) is 0 Å². The van der Waals surface area contributed by atoms with E-state index in [4.69, 9.17) is 16.7 Å². The highest BCUT2D eigenvalue weighted by Gasteiger charge is 2.11. The van der Waals surface area contributed by atoms with Crippen LogP contribution in [0.25, 0.3) is 5.82 Å². The standard InChI is InChI=1S/C9H7ClFN3O/c10-7-3-13-14(4-7)9-8(11)6(5-15)1-2-12-9/h1-4,15H,5H2. The Balaban J connectivity index is 2.53. The number of rotatable bonds is 2. The van der Waals surface area contributed by atoms with E-state index in [0.717, 1.165) is 0 Å². The molecule has 4 nitrogen and oxygen atoms in total. The largest absolute Gasteiger partial charge is 0.392 e. The number of aromatic nitrogens is 3. The van der Waals surface area contributed by atoms with E-state index in [-0.39, 0.29) is 18.0 Å². The Kier molecular flexibility index (Phi) is 2.66. The third kappa shape index (κ3) is 1.84. The molecule has 15 heavy (non-hydrogen) atoms. The van der Waals surface area contributed by atoms with Gasteiger partial charge in [-0.2, -0.15) is 5.10 Å².